The first-order valence-electron chi connectivity index (χ1n) is 5.67. The Kier molecular flexibility index (Phi) is 3.77. The van der Waals surface area contributed by atoms with Crippen LogP contribution in [0.25, 0.3) is 10.9 Å². The summed E-state index contributed by atoms with van der Waals surface area (Å²) >= 11 is 6.04. The lowest BCUT2D eigenvalue weighted by Gasteiger charge is -2.04. The van der Waals surface area contributed by atoms with Gasteiger partial charge in [-0.15, -0.1) is 0 Å². The van der Waals surface area contributed by atoms with Gasteiger partial charge in [0.05, 0.1) is 12.1 Å². The lowest BCUT2D eigenvalue weighted by atomic mass is 10.1. The van der Waals surface area contributed by atoms with Crippen LogP contribution in [0.1, 0.15) is 18.4 Å². The molecule has 4 nitrogen and oxygen atoms in total. The summed E-state index contributed by atoms with van der Waals surface area (Å²) in [6.07, 6.45) is 3.41. The molecule has 0 unspecified atom stereocenters. The lowest BCUT2D eigenvalue weighted by molar-refractivity contribution is -0.137. The summed E-state index contributed by atoms with van der Waals surface area (Å²) in [5.41, 5.74) is 2.02. The molecule has 0 atom stereocenters. The van der Waals surface area contributed by atoms with Crippen LogP contribution in [-0.2, 0) is 11.2 Å². The van der Waals surface area contributed by atoms with Crippen molar-refractivity contribution < 1.29 is 14.6 Å². The van der Waals surface area contributed by atoms with Crippen molar-refractivity contribution in [3.05, 3.63) is 28.9 Å². The number of rotatable bonds is 5. The third-order valence-electron chi connectivity index (χ3n) is 2.88. The molecular formula is C13H14ClNO3. The first-order chi connectivity index (χ1) is 8.61. The van der Waals surface area contributed by atoms with Gasteiger partial charge in [0.2, 0.25) is 0 Å². The minimum Gasteiger partial charge on any atom is -0.495 e. The van der Waals surface area contributed by atoms with Crippen LogP contribution in [0.5, 0.6) is 5.75 Å². The van der Waals surface area contributed by atoms with Crippen LogP contribution in [0.15, 0.2) is 18.3 Å². The van der Waals surface area contributed by atoms with Gasteiger partial charge in [0.15, 0.2) is 0 Å². The predicted molar refractivity (Wildman–Crippen MR) is 70.4 cm³/mol. The Morgan fingerprint density at radius 2 is 2.28 bits per heavy atom. The summed E-state index contributed by atoms with van der Waals surface area (Å²) in [6.45, 7) is 0. The molecule has 0 aliphatic heterocycles. The van der Waals surface area contributed by atoms with Gasteiger partial charge < -0.3 is 14.8 Å². The van der Waals surface area contributed by atoms with Crippen molar-refractivity contribution in [2.24, 2.45) is 0 Å². The molecule has 2 aromatic rings. The summed E-state index contributed by atoms with van der Waals surface area (Å²) in [5, 5.41) is 10.2. The van der Waals surface area contributed by atoms with E-state index in [1.165, 1.54) is 0 Å². The molecular weight excluding hydrogens is 254 g/mol. The topological polar surface area (TPSA) is 62.3 Å². The number of hydrogen-bond acceptors (Lipinski definition) is 2. The molecule has 2 rings (SSSR count). The number of ether oxygens (including phenoxy) is 1. The average molecular weight is 268 g/mol. The fraction of sp³-hybridized carbons (Fsp3) is 0.308. The van der Waals surface area contributed by atoms with E-state index in [1.807, 2.05) is 18.3 Å². The van der Waals surface area contributed by atoms with Crippen LogP contribution in [0.2, 0.25) is 5.02 Å². The molecule has 0 bridgehead atoms. The highest BCUT2D eigenvalue weighted by molar-refractivity contribution is 6.32. The number of carbonyl (C=O) groups is 1. The highest BCUT2D eigenvalue weighted by atomic mass is 35.5. The fourth-order valence-corrected chi connectivity index (χ4v) is 2.22. The molecule has 96 valence electrons. The Hall–Kier alpha value is -1.68. The summed E-state index contributed by atoms with van der Waals surface area (Å²) in [6, 6.07) is 3.70. The zero-order valence-electron chi connectivity index (χ0n) is 10.00. The van der Waals surface area contributed by atoms with E-state index in [9.17, 15) is 4.79 Å². The molecule has 0 spiro atoms. The van der Waals surface area contributed by atoms with Crippen LogP contribution in [-0.4, -0.2) is 23.2 Å². The van der Waals surface area contributed by atoms with E-state index in [4.69, 9.17) is 21.4 Å². The first-order valence-corrected chi connectivity index (χ1v) is 6.05. The number of halogens is 1. The second-order valence-corrected chi connectivity index (χ2v) is 4.50. The van der Waals surface area contributed by atoms with E-state index in [1.54, 1.807) is 7.11 Å². The van der Waals surface area contributed by atoms with Crippen LogP contribution < -0.4 is 4.74 Å². The molecule has 0 saturated heterocycles. The standard InChI is InChI=1S/C13H14ClNO3/c1-18-12-5-9-8(3-2-4-13(16)17)7-15-11(9)6-10(12)14/h5-7,15H,2-4H2,1H3,(H,16,17). The number of hydrogen-bond donors (Lipinski definition) is 2. The maximum Gasteiger partial charge on any atom is 0.303 e. The molecule has 0 radical (unpaired) electrons. The molecule has 0 saturated carbocycles. The Bertz CT molecular complexity index is 577. The third-order valence-corrected chi connectivity index (χ3v) is 3.17. The Morgan fingerprint density at radius 1 is 1.50 bits per heavy atom. The zero-order valence-corrected chi connectivity index (χ0v) is 10.8. The van der Waals surface area contributed by atoms with E-state index < -0.39 is 5.97 Å². The second kappa shape index (κ2) is 5.31. The van der Waals surface area contributed by atoms with Crippen molar-refractivity contribution in [1.29, 1.82) is 0 Å². The van der Waals surface area contributed by atoms with Crippen molar-refractivity contribution in [2.75, 3.05) is 7.11 Å². The summed E-state index contributed by atoms with van der Waals surface area (Å²) in [7, 11) is 1.57. The number of fused-ring (bicyclic) bond motifs is 1. The van der Waals surface area contributed by atoms with Crippen LogP contribution in [0.4, 0.5) is 0 Å². The van der Waals surface area contributed by atoms with E-state index in [-0.39, 0.29) is 6.42 Å². The van der Waals surface area contributed by atoms with Crippen molar-refractivity contribution in [2.45, 2.75) is 19.3 Å². The monoisotopic (exact) mass is 267 g/mol. The van der Waals surface area contributed by atoms with E-state index in [2.05, 4.69) is 4.98 Å². The average Bonchev–Trinajstić information content (AvgIpc) is 2.70. The molecule has 1 aromatic heterocycles. The number of carboxylic acids is 1. The van der Waals surface area contributed by atoms with Gasteiger partial charge in [0.25, 0.3) is 0 Å². The number of aryl methyl sites for hydroxylation is 1. The van der Waals surface area contributed by atoms with Crippen LogP contribution in [0.3, 0.4) is 0 Å². The smallest absolute Gasteiger partial charge is 0.303 e. The minimum absolute atomic E-state index is 0.178. The maximum atomic E-state index is 10.5. The van der Waals surface area contributed by atoms with Crippen LogP contribution in [0, 0.1) is 0 Å². The molecule has 2 N–H and O–H groups in total. The van der Waals surface area contributed by atoms with Gasteiger partial charge >= 0.3 is 5.97 Å². The zero-order chi connectivity index (χ0) is 13.1. The normalized spacial score (nSPS) is 10.8. The van der Waals surface area contributed by atoms with E-state index in [0.29, 0.717) is 17.2 Å². The summed E-state index contributed by atoms with van der Waals surface area (Å²) in [5.74, 6) is -0.140. The van der Waals surface area contributed by atoms with Crippen molar-refractivity contribution in [3.8, 4) is 5.75 Å². The SMILES string of the molecule is COc1cc2c(CCCC(=O)O)c[nH]c2cc1Cl. The maximum absolute atomic E-state index is 10.5. The molecule has 0 aliphatic carbocycles. The minimum atomic E-state index is -0.768. The molecule has 0 aliphatic rings. The number of methoxy groups -OCH3 is 1. The Labute approximate surface area is 110 Å². The van der Waals surface area contributed by atoms with Gasteiger partial charge in [0, 0.05) is 23.5 Å². The van der Waals surface area contributed by atoms with Crippen molar-refractivity contribution in [1.82, 2.24) is 4.98 Å². The Morgan fingerprint density at radius 3 is 2.94 bits per heavy atom. The van der Waals surface area contributed by atoms with E-state index >= 15 is 0 Å². The van der Waals surface area contributed by atoms with Gasteiger partial charge in [-0.2, -0.15) is 0 Å². The van der Waals surface area contributed by atoms with Gasteiger partial charge in [0.1, 0.15) is 5.75 Å². The number of benzene rings is 1. The number of aliphatic carboxylic acids is 1. The Balaban J connectivity index is 2.26. The number of carboxylic acid groups (broad SMARTS) is 1. The largest absolute Gasteiger partial charge is 0.495 e. The van der Waals surface area contributed by atoms with Gasteiger partial charge in [-0.1, -0.05) is 11.6 Å². The van der Waals surface area contributed by atoms with Crippen LogP contribution >= 0.6 is 11.6 Å². The molecule has 0 amide bonds. The van der Waals surface area contributed by atoms with Crippen molar-refractivity contribution >= 4 is 28.5 Å². The summed E-state index contributed by atoms with van der Waals surface area (Å²) in [4.78, 5) is 13.6. The quantitative estimate of drug-likeness (QED) is 0.874. The number of aromatic amines is 1. The second-order valence-electron chi connectivity index (χ2n) is 4.09. The fourth-order valence-electron chi connectivity index (χ4n) is 1.97. The van der Waals surface area contributed by atoms with Gasteiger partial charge in [-0.05, 0) is 30.5 Å². The number of H-pyrrole nitrogens is 1. The lowest BCUT2D eigenvalue weighted by Crippen LogP contribution is -1.95. The first kappa shape index (κ1) is 12.8. The summed E-state index contributed by atoms with van der Waals surface area (Å²) < 4.78 is 5.18. The predicted octanol–water partition coefficient (Wildman–Crippen LogP) is 3.24. The van der Waals surface area contributed by atoms with Gasteiger partial charge in [-0.3, -0.25) is 4.79 Å². The molecule has 1 aromatic carbocycles. The van der Waals surface area contributed by atoms with Crippen molar-refractivity contribution in [3.63, 3.8) is 0 Å². The van der Waals surface area contributed by atoms with Gasteiger partial charge in [-0.25, -0.2) is 0 Å². The highest BCUT2D eigenvalue weighted by Crippen LogP contribution is 2.31. The van der Waals surface area contributed by atoms with E-state index in [0.717, 1.165) is 22.9 Å². The highest BCUT2D eigenvalue weighted by Gasteiger charge is 2.09. The number of aromatic nitrogens is 1. The number of nitrogens with one attached hydrogen (secondary N) is 1. The molecule has 1 heterocycles. The molecule has 18 heavy (non-hydrogen) atoms. The third kappa shape index (κ3) is 2.59. The molecule has 0 fully saturated rings. The molecule has 5 heteroatoms.